The van der Waals surface area contributed by atoms with E-state index < -0.39 is 5.41 Å². The van der Waals surface area contributed by atoms with Crippen molar-refractivity contribution in [1.29, 1.82) is 0 Å². The second-order valence-electron chi connectivity index (χ2n) is 6.50. The lowest BCUT2D eigenvalue weighted by Crippen LogP contribution is -2.34. The number of rotatable bonds is 3. The van der Waals surface area contributed by atoms with Crippen LogP contribution >= 0.6 is 0 Å². The van der Waals surface area contributed by atoms with Crippen LogP contribution < -0.4 is 0 Å². The summed E-state index contributed by atoms with van der Waals surface area (Å²) in [4.78, 5) is 26.3. The molecule has 0 unspecified atom stereocenters. The van der Waals surface area contributed by atoms with Crippen molar-refractivity contribution in [2.45, 2.75) is 38.6 Å². The summed E-state index contributed by atoms with van der Waals surface area (Å²) in [6.07, 6.45) is 4.10. The van der Waals surface area contributed by atoms with Crippen LogP contribution in [0.5, 0.6) is 0 Å². The Labute approximate surface area is 134 Å². The van der Waals surface area contributed by atoms with Gasteiger partial charge in [-0.2, -0.15) is 0 Å². The Morgan fingerprint density at radius 2 is 1.87 bits per heavy atom. The third-order valence-electron chi connectivity index (χ3n) is 4.99. The van der Waals surface area contributed by atoms with E-state index in [4.69, 9.17) is 4.52 Å². The summed E-state index contributed by atoms with van der Waals surface area (Å²) in [6.45, 7) is 0.204. The number of likely N-dealkylation sites (tertiary alicyclic amines) is 1. The highest BCUT2D eigenvalue weighted by Crippen LogP contribution is 2.47. The molecule has 1 aromatic heterocycles. The minimum Gasteiger partial charge on any atom is -0.356 e. The SMILES string of the molecule is O=C1CC2(CCCC2)C(=O)N1Cc1cc(-c2ccccc2)on1. The molecule has 1 saturated carbocycles. The molecule has 1 aromatic carbocycles. The van der Waals surface area contributed by atoms with Gasteiger partial charge in [0, 0.05) is 18.1 Å². The molecule has 1 aliphatic heterocycles. The zero-order chi connectivity index (χ0) is 15.9. The second-order valence-corrected chi connectivity index (χ2v) is 6.50. The molecule has 2 amide bonds. The monoisotopic (exact) mass is 310 g/mol. The molecule has 0 radical (unpaired) electrons. The van der Waals surface area contributed by atoms with Crippen LogP contribution in [0.1, 0.15) is 37.8 Å². The molecule has 0 N–H and O–H groups in total. The average Bonchev–Trinajstić information content (AvgIpc) is 3.27. The fraction of sp³-hybridized carbons (Fsp3) is 0.389. The summed E-state index contributed by atoms with van der Waals surface area (Å²) in [7, 11) is 0. The molecule has 2 aliphatic rings. The van der Waals surface area contributed by atoms with Gasteiger partial charge < -0.3 is 4.52 Å². The first kappa shape index (κ1) is 14.2. The summed E-state index contributed by atoms with van der Waals surface area (Å²) in [6, 6.07) is 11.5. The van der Waals surface area contributed by atoms with Gasteiger partial charge in [0.1, 0.15) is 5.69 Å². The lowest BCUT2D eigenvalue weighted by Gasteiger charge is -2.20. The van der Waals surface area contributed by atoms with Crippen molar-refractivity contribution in [2.24, 2.45) is 5.41 Å². The number of imide groups is 1. The Hall–Kier alpha value is -2.43. The van der Waals surface area contributed by atoms with Crippen molar-refractivity contribution < 1.29 is 14.1 Å². The van der Waals surface area contributed by atoms with Gasteiger partial charge in [-0.05, 0) is 12.8 Å². The topological polar surface area (TPSA) is 63.4 Å². The van der Waals surface area contributed by atoms with Crippen molar-refractivity contribution in [3.8, 4) is 11.3 Å². The molecule has 2 heterocycles. The molecule has 1 saturated heterocycles. The predicted octanol–water partition coefficient (Wildman–Crippen LogP) is 3.16. The maximum atomic E-state index is 12.7. The smallest absolute Gasteiger partial charge is 0.236 e. The molecule has 23 heavy (non-hydrogen) atoms. The number of carbonyl (C=O) groups is 2. The molecule has 5 nitrogen and oxygen atoms in total. The lowest BCUT2D eigenvalue weighted by atomic mass is 9.84. The van der Waals surface area contributed by atoms with Crippen LogP contribution in [-0.4, -0.2) is 21.9 Å². The molecular formula is C18H18N2O3. The van der Waals surface area contributed by atoms with E-state index in [9.17, 15) is 9.59 Å². The van der Waals surface area contributed by atoms with E-state index in [2.05, 4.69) is 5.16 Å². The number of aromatic nitrogens is 1. The first-order valence-corrected chi connectivity index (χ1v) is 8.04. The Morgan fingerprint density at radius 1 is 1.13 bits per heavy atom. The van der Waals surface area contributed by atoms with E-state index >= 15 is 0 Å². The third-order valence-corrected chi connectivity index (χ3v) is 4.99. The van der Waals surface area contributed by atoms with Gasteiger partial charge in [-0.25, -0.2) is 0 Å². The standard InChI is InChI=1S/C18H18N2O3/c21-16-11-18(8-4-5-9-18)17(22)20(16)12-14-10-15(23-19-14)13-6-2-1-3-7-13/h1-3,6-7,10H,4-5,8-9,11-12H2. The molecule has 0 bridgehead atoms. The van der Waals surface area contributed by atoms with E-state index in [1.165, 1.54) is 4.90 Å². The molecule has 1 aliphatic carbocycles. The molecule has 5 heteroatoms. The van der Waals surface area contributed by atoms with Gasteiger partial charge in [0.25, 0.3) is 0 Å². The summed E-state index contributed by atoms with van der Waals surface area (Å²) in [5.41, 5.74) is 1.11. The Bertz CT molecular complexity index is 745. The van der Waals surface area contributed by atoms with Crippen LogP contribution in [0.3, 0.4) is 0 Å². The molecular weight excluding hydrogens is 292 g/mol. The van der Waals surface area contributed by atoms with Crippen LogP contribution in [0.25, 0.3) is 11.3 Å². The van der Waals surface area contributed by atoms with Crippen LogP contribution in [0.4, 0.5) is 0 Å². The van der Waals surface area contributed by atoms with Gasteiger partial charge in [0.2, 0.25) is 11.8 Å². The minimum atomic E-state index is -0.428. The van der Waals surface area contributed by atoms with E-state index in [0.29, 0.717) is 17.9 Å². The van der Waals surface area contributed by atoms with E-state index in [1.807, 2.05) is 30.3 Å². The van der Waals surface area contributed by atoms with E-state index in [-0.39, 0.29) is 18.4 Å². The number of carbonyl (C=O) groups excluding carboxylic acids is 2. The molecule has 118 valence electrons. The maximum absolute atomic E-state index is 12.7. The molecule has 2 aromatic rings. The van der Waals surface area contributed by atoms with Crippen molar-refractivity contribution in [2.75, 3.05) is 0 Å². The van der Waals surface area contributed by atoms with E-state index in [1.54, 1.807) is 6.07 Å². The lowest BCUT2D eigenvalue weighted by molar-refractivity contribution is -0.142. The number of amides is 2. The van der Waals surface area contributed by atoms with Crippen molar-refractivity contribution in [3.05, 3.63) is 42.1 Å². The van der Waals surface area contributed by atoms with Crippen LogP contribution in [0.15, 0.2) is 40.9 Å². The second kappa shape index (κ2) is 5.33. The Kier molecular flexibility index (Phi) is 3.29. The first-order chi connectivity index (χ1) is 11.2. The van der Waals surface area contributed by atoms with Gasteiger partial charge in [-0.15, -0.1) is 0 Å². The summed E-state index contributed by atoms with van der Waals surface area (Å²) in [5.74, 6) is 0.542. The van der Waals surface area contributed by atoms with Crippen LogP contribution in [-0.2, 0) is 16.1 Å². The van der Waals surface area contributed by atoms with Gasteiger partial charge in [0.15, 0.2) is 5.76 Å². The number of hydrogen-bond acceptors (Lipinski definition) is 4. The molecule has 2 fully saturated rings. The fourth-order valence-electron chi connectivity index (χ4n) is 3.75. The number of benzene rings is 1. The fourth-order valence-corrected chi connectivity index (χ4v) is 3.75. The zero-order valence-corrected chi connectivity index (χ0v) is 12.8. The van der Waals surface area contributed by atoms with Gasteiger partial charge >= 0.3 is 0 Å². The van der Waals surface area contributed by atoms with Crippen LogP contribution in [0, 0.1) is 5.41 Å². The van der Waals surface area contributed by atoms with Crippen molar-refractivity contribution >= 4 is 11.8 Å². The van der Waals surface area contributed by atoms with Crippen LogP contribution in [0.2, 0.25) is 0 Å². The van der Waals surface area contributed by atoms with Crippen molar-refractivity contribution in [1.82, 2.24) is 10.1 Å². The largest absolute Gasteiger partial charge is 0.356 e. The maximum Gasteiger partial charge on any atom is 0.236 e. The molecule has 4 rings (SSSR count). The average molecular weight is 310 g/mol. The normalized spacial score (nSPS) is 19.9. The summed E-state index contributed by atoms with van der Waals surface area (Å²) >= 11 is 0. The Balaban J connectivity index is 1.54. The predicted molar refractivity (Wildman–Crippen MR) is 83.0 cm³/mol. The number of nitrogens with zero attached hydrogens (tertiary/aromatic N) is 2. The highest BCUT2D eigenvalue weighted by molar-refractivity contribution is 6.05. The van der Waals surface area contributed by atoms with Gasteiger partial charge in [-0.1, -0.05) is 48.3 Å². The van der Waals surface area contributed by atoms with Gasteiger partial charge in [-0.3, -0.25) is 14.5 Å². The molecule has 0 atom stereocenters. The zero-order valence-electron chi connectivity index (χ0n) is 12.8. The first-order valence-electron chi connectivity index (χ1n) is 8.04. The highest BCUT2D eigenvalue weighted by atomic mass is 16.5. The quantitative estimate of drug-likeness (QED) is 0.817. The molecule has 1 spiro atoms. The van der Waals surface area contributed by atoms with E-state index in [0.717, 1.165) is 31.2 Å². The summed E-state index contributed by atoms with van der Waals surface area (Å²) in [5, 5.41) is 4.02. The minimum absolute atomic E-state index is 0.0238. The number of hydrogen-bond donors (Lipinski definition) is 0. The van der Waals surface area contributed by atoms with Crippen molar-refractivity contribution in [3.63, 3.8) is 0 Å². The summed E-state index contributed by atoms with van der Waals surface area (Å²) < 4.78 is 5.35. The highest BCUT2D eigenvalue weighted by Gasteiger charge is 2.52. The van der Waals surface area contributed by atoms with Gasteiger partial charge in [0.05, 0.1) is 12.0 Å². The third kappa shape index (κ3) is 2.36. The Morgan fingerprint density at radius 3 is 2.61 bits per heavy atom.